The van der Waals surface area contributed by atoms with Gasteiger partial charge in [0.05, 0.1) is 25.2 Å². The highest BCUT2D eigenvalue weighted by Crippen LogP contribution is 2.16. The molecule has 6 heteroatoms. The van der Waals surface area contributed by atoms with Crippen LogP contribution in [0.15, 0.2) is 122 Å². The van der Waals surface area contributed by atoms with Gasteiger partial charge in [-0.3, -0.25) is 9.59 Å². The monoisotopic (exact) mass is 844 g/mol. The van der Waals surface area contributed by atoms with E-state index in [2.05, 4.69) is 50.4 Å². The van der Waals surface area contributed by atoms with E-state index < -0.39 is 18.2 Å². The second-order valence-corrected chi connectivity index (χ2v) is 16.0. The Labute approximate surface area is 374 Å². The number of esters is 1. The smallest absolute Gasteiger partial charge is 0.306 e. The van der Waals surface area contributed by atoms with Crippen LogP contribution in [0.1, 0.15) is 188 Å². The van der Waals surface area contributed by atoms with Gasteiger partial charge in [-0.2, -0.15) is 0 Å². The van der Waals surface area contributed by atoms with Crippen molar-refractivity contribution in [2.24, 2.45) is 0 Å². The number of ether oxygens (including phenoxy) is 1. The minimum Gasteiger partial charge on any atom is -0.462 e. The highest BCUT2D eigenvalue weighted by molar-refractivity contribution is 5.77. The van der Waals surface area contributed by atoms with Gasteiger partial charge in [-0.15, -0.1) is 0 Å². The SMILES string of the molecule is CC\C=C/C=C/C=C/C=C\C=C\C=C\CCCCCC(=O)OC(CCC\C=C/C=C\C=C\C=C\CC)CC(=O)NC(CO)C(O)CCCCCCCCCCCCCCCC. The maximum Gasteiger partial charge on any atom is 0.306 e. The molecule has 61 heavy (non-hydrogen) atoms. The van der Waals surface area contributed by atoms with Gasteiger partial charge in [0.15, 0.2) is 0 Å². The second-order valence-electron chi connectivity index (χ2n) is 16.0. The lowest BCUT2D eigenvalue weighted by molar-refractivity contribution is -0.151. The summed E-state index contributed by atoms with van der Waals surface area (Å²) in [6.45, 7) is 6.14. The Morgan fingerprint density at radius 3 is 1.36 bits per heavy atom. The number of carbonyl (C=O) groups is 2. The molecule has 0 aromatic heterocycles. The molecule has 0 bridgehead atoms. The molecule has 1 amide bonds. The summed E-state index contributed by atoms with van der Waals surface area (Å²) in [5.74, 6) is -0.608. The molecule has 0 aromatic carbocycles. The number of hydrogen-bond acceptors (Lipinski definition) is 5. The molecule has 3 N–H and O–H groups in total. The predicted octanol–water partition coefficient (Wildman–Crippen LogP) is 14.5. The molecule has 3 unspecified atom stereocenters. The van der Waals surface area contributed by atoms with Crippen LogP contribution >= 0.6 is 0 Å². The van der Waals surface area contributed by atoms with Gasteiger partial charge < -0.3 is 20.3 Å². The lowest BCUT2D eigenvalue weighted by Crippen LogP contribution is -2.46. The zero-order valence-corrected chi connectivity index (χ0v) is 39.0. The molecule has 0 spiro atoms. The van der Waals surface area contributed by atoms with E-state index in [1.54, 1.807) is 0 Å². The number of rotatable bonds is 41. The quantitative estimate of drug-likeness (QED) is 0.0324. The van der Waals surface area contributed by atoms with Crippen molar-refractivity contribution in [1.29, 1.82) is 0 Å². The molecule has 0 saturated carbocycles. The number of aliphatic hydroxyl groups excluding tert-OH is 2. The Morgan fingerprint density at radius 2 is 0.902 bits per heavy atom. The van der Waals surface area contributed by atoms with Crippen LogP contribution < -0.4 is 5.32 Å². The van der Waals surface area contributed by atoms with Gasteiger partial charge in [-0.1, -0.05) is 239 Å². The maximum absolute atomic E-state index is 13.2. The first-order valence-corrected chi connectivity index (χ1v) is 24.4. The minimum absolute atomic E-state index is 0.00495. The third kappa shape index (κ3) is 42.7. The van der Waals surface area contributed by atoms with E-state index in [9.17, 15) is 19.8 Å². The average Bonchev–Trinajstić information content (AvgIpc) is 3.25. The average molecular weight is 844 g/mol. The van der Waals surface area contributed by atoms with Crippen LogP contribution in [-0.2, 0) is 14.3 Å². The van der Waals surface area contributed by atoms with Gasteiger partial charge in [0.2, 0.25) is 5.91 Å². The molecule has 0 aromatic rings. The molecule has 0 aliphatic heterocycles. The Morgan fingerprint density at radius 1 is 0.492 bits per heavy atom. The van der Waals surface area contributed by atoms with Crippen LogP contribution in [0.25, 0.3) is 0 Å². The summed E-state index contributed by atoms with van der Waals surface area (Å²) in [5.41, 5.74) is 0. The molecule has 3 atom stereocenters. The van der Waals surface area contributed by atoms with E-state index in [0.29, 0.717) is 19.3 Å². The van der Waals surface area contributed by atoms with Gasteiger partial charge in [0.25, 0.3) is 0 Å². The number of allylic oxidation sites excluding steroid dienone is 20. The molecule has 6 nitrogen and oxygen atoms in total. The Hall–Kier alpha value is -3.74. The van der Waals surface area contributed by atoms with Gasteiger partial charge in [0.1, 0.15) is 6.10 Å². The van der Waals surface area contributed by atoms with Crippen molar-refractivity contribution in [2.45, 2.75) is 206 Å². The molecular weight excluding hydrogens is 755 g/mol. The number of nitrogens with one attached hydrogen (secondary N) is 1. The maximum atomic E-state index is 13.2. The molecule has 0 rings (SSSR count). The van der Waals surface area contributed by atoms with E-state index >= 15 is 0 Å². The molecule has 0 fully saturated rings. The molecular formula is C55H89NO5. The molecule has 0 aliphatic carbocycles. The van der Waals surface area contributed by atoms with Crippen molar-refractivity contribution in [2.75, 3.05) is 6.61 Å². The van der Waals surface area contributed by atoms with Crippen molar-refractivity contribution in [1.82, 2.24) is 5.32 Å². The summed E-state index contributed by atoms with van der Waals surface area (Å²) >= 11 is 0. The molecule has 344 valence electrons. The number of carbonyl (C=O) groups excluding carboxylic acids is 2. The summed E-state index contributed by atoms with van der Waals surface area (Å²) in [4.78, 5) is 26.0. The lowest BCUT2D eigenvalue weighted by Gasteiger charge is -2.24. The first kappa shape index (κ1) is 57.3. The Kier molecular flexibility index (Phi) is 44.4. The van der Waals surface area contributed by atoms with Gasteiger partial charge >= 0.3 is 5.97 Å². The third-order valence-corrected chi connectivity index (χ3v) is 10.3. The summed E-state index contributed by atoms with van der Waals surface area (Å²) in [5, 5.41) is 23.7. The fourth-order valence-corrected chi connectivity index (χ4v) is 6.65. The Bertz CT molecular complexity index is 1310. The predicted molar refractivity (Wildman–Crippen MR) is 263 cm³/mol. The first-order chi connectivity index (χ1) is 30.0. The van der Waals surface area contributed by atoms with Crippen LogP contribution in [0.5, 0.6) is 0 Å². The van der Waals surface area contributed by atoms with Gasteiger partial charge in [-0.25, -0.2) is 0 Å². The number of aliphatic hydroxyl groups is 2. The van der Waals surface area contributed by atoms with Crippen molar-refractivity contribution >= 4 is 11.9 Å². The summed E-state index contributed by atoms with van der Waals surface area (Å²) in [6, 6.07) is -0.740. The van der Waals surface area contributed by atoms with E-state index in [-0.39, 0.29) is 24.9 Å². The summed E-state index contributed by atoms with van der Waals surface area (Å²) in [6.07, 6.45) is 65.5. The molecule has 0 radical (unpaired) electrons. The zero-order chi connectivity index (χ0) is 44.5. The van der Waals surface area contributed by atoms with Crippen molar-refractivity contribution in [3.05, 3.63) is 122 Å². The number of hydrogen-bond donors (Lipinski definition) is 3. The number of amides is 1. The van der Waals surface area contributed by atoms with E-state index in [0.717, 1.165) is 70.6 Å². The van der Waals surface area contributed by atoms with Crippen LogP contribution in [0.4, 0.5) is 0 Å². The highest BCUT2D eigenvalue weighted by atomic mass is 16.5. The second kappa shape index (κ2) is 47.3. The molecule has 0 heterocycles. The van der Waals surface area contributed by atoms with Crippen LogP contribution in [0, 0.1) is 0 Å². The van der Waals surface area contributed by atoms with Crippen molar-refractivity contribution < 1.29 is 24.5 Å². The fourth-order valence-electron chi connectivity index (χ4n) is 6.65. The molecule has 0 aliphatic rings. The standard InChI is InChI=1S/C55H89NO5/c1-4-7-10-13-16-19-22-24-26-27-28-30-33-36-39-42-45-48-55(60)61-51(46-43-40-37-34-31-21-18-15-12-9-6-3)49-54(59)56-52(50-57)53(58)47-44-41-38-35-32-29-25-23-20-17-14-11-8-5-2/h7,9-10,12-13,15-16,18-19,21-22,24,26-28,30-31,33-34,37,51-53,57-58H,4-6,8,11,14,17,20,23,25,29,32,35-36,38-50H2,1-3H3,(H,56,59)/b10-7-,12-9+,16-13+,18-15+,22-19+,26-24-,28-27+,31-21-,33-30+,37-34-. The first-order valence-electron chi connectivity index (χ1n) is 24.4. The topological polar surface area (TPSA) is 95.9 Å². The lowest BCUT2D eigenvalue weighted by atomic mass is 10.0. The van der Waals surface area contributed by atoms with Gasteiger partial charge in [0, 0.05) is 6.42 Å². The summed E-state index contributed by atoms with van der Waals surface area (Å²) < 4.78 is 5.86. The number of unbranched alkanes of at least 4 members (excludes halogenated alkanes) is 17. The van der Waals surface area contributed by atoms with Crippen molar-refractivity contribution in [3.8, 4) is 0 Å². The fraction of sp³-hybridized carbons (Fsp3) is 0.600. The zero-order valence-electron chi connectivity index (χ0n) is 39.0. The van der Waals surface area contributed by atoms with Crippen LogP contribution in [-0.4, -0.2) is 46.9 Å². The third-order valence-electron chi connectivity index (χ3n) is 10.3. The van der Waals surface area contributed by atoms with E-state index in [4.69, 9.17) is 4.74 Å². The normalized spacial score (nSPS) is 14.4. The van der Waals surface area contributed by atoms with Crippen LogP contribution in [0.2, 0.25) is 0 Å². The van der Waals surface area contributed by atoms with Gasteiger partial charge in [-0.05, 0) is 57.8 Å². The van der Waals surface area contributed by atoms with Crippen molar-refractivity contribution in [3.63, 3.8) is 0 Å². The largest absolute Gasteiger partial charge is 0.462 e. The Balaban J connectivity index is 4.73. The minimum atomic E-state index is -0.820. The highest BCUT2D eigenvalue weighted by Gasteiger charge is 2.24. The van der Waals surface area contributed by atoms with E-state index in [1.807, 2.05) is 97.2 Å². The summed E-state index contributed by atoms with van der Waals surface area (Å²) in [7, 11) is 0. The molecule has 0 saturated heterocycles. The van der Waals surface area contributed by atoms with Crippen LogP contribution in [0.3, 0.4) is 0 Å². The van der Waals surface area contributed by atoms with E-state index in [1.165, 1.54) is 70.6 Å².